The highest BCUT2D eigenvalue weighted by molar-refractivity contribution is 6.39. The van der Waals surface area contributed by atoms with E-state index in [4.69, 9.17) is 28.4 Å². The zero-order valence-corrected chi connectivity index (χ0v) is 38.0. The fourth-order valence-corrected chi connectivity index (χ4v) is 9.70. The second kappa shape index (κ2) is 22.9. The highest BCUT2D eigenvalue weighted by Crippen LogP contribution is 2.39. The van der Waals surface area contributed by atoms with Gasteiger partial charge in [-0.1, -0.05) is 45.4 Å². The summed E-state index contributed by atoms with van der Waals surface area (Å²) in [5.41, 5.74) is 4.60. The number of ketones is 1. The van der Waals surface area contributed by atoms with E-state index in [0.717, 1.165) is 5.57 Å². The van der Waals surface area contributed by atoms with Crippen LogP contribution < -0.4 is 5.43 Å². The number of carbonyl (C=O) groups excluding carboxylic acids is 4. The van der Waals surface area contributed by atoms with Gasteiger partial charge >= 0.3 is 12.1 Å². The quantitative estimate of drug-likeness (QED) is 0.119. The third-order valence-corrected chi connectivity index (χ3v) is 13.4. The van der Waals surface area contributed by atoms with Crippen LogP contribution in [-0.4, -0.2) is 139 Å². The first-order valence-electron chi connectivity index (χ1n) is 22.1. The van der Waals surface area contributed by atoms with Crippen molar-refractivity contribution >= 4 is 29.5 Å². The number of rotatable bonds is 7. The van der Waals surface area contributed by atoms with Crippen LogP contribution in [0.25, 0.3) is 0 Å². The molecular formula is C45H73N3O13. The normalized spacial score (nSPS) is 39.6. The van der Waals surface area contributed by atoms with Gasteiger partial charge in [-0.25, -0.2) is 15.0 Å². The number of esters is 1. The van der Waals surface area contributed by atoms with Gasteiger partial charge in [-0.2, -0.15) is 5.10 Å². The van der Waals surface area contributed by atoms with Crippen LogP contribution in [0.2, 0.25) is 0 Å². The molecule has 346 valence electrons. The summed E-state index contributed by atoms with van der Waals surface area (Å²) in [6, 6.07) is -1.15. The molecular weight excluding hydrogens is 791 g/mol. The van der Waals surface area contributed by atoms with E-state index in [0.29, 0.717) is 62.7 Å². The number of fused-ring (bicyclic) bond motifs is 3. The lowest BCUT2D eigenvalue weighted by Gasteiger charge is -2.47. The molecule has 4 aliphatic rings. The van der Waals surface area contributed by atoms with Gasteiger partial charge in [0.2, 0.25) is 5.79 Å². The van der Waals surface area contributed by atoms with E-state index in [2.05, 4.69) is 23.5 Å². The Hall–Kier alpha value is -3.25. The molecule has 0 aromatic carbocycles. The first-order valence-corrected chi connectivity index (χ1v) is 22.1. The van der Waals surface area contributed by atoms with Crippen molar-refractivity contribution in [3.8, 4) is 0 Å². The number of hydrogen-bond donors (Lipinski definition) is 4. The number of amides is 2. The second-order valence-electron chi connectivity index (χ2n) is 17.9. The molecule has 14 atom stereocenters. The van der Waals surface area contributed by atoms with Gasteiger partial charge in [-0.3, -0.25) is 9.59 Å². The van der Waals surface area contributed by atoms with Crippen LogP contribution >= 0.6 is 0 Å². The molecule has 4 rings (SSSR count). The number of nitrogens with zero attached hydrogens (tertiary/aromatic N) is 2. The summed E-state index contributed by atoms with van der Waals surface area (Å²) >= 11 is 0. The molecule has 0 spiro atoms. The monoisotopic (exact) mass is 864 g/mol. The Morgan fingerprint density at radius 3 is 2.26 bits per heavy atom. The first kappa shape index (κ1) is 50.4. The Morgan fingerprint density at radius 2 is 1.62 bits per heavy atom. The van der Waals surface area contributed by atoms with Gasteiger partial charge in [0.1, 0.15) is 18.2 Å². The van der Waals surface area contributed by atoms with Crippen molar-refractivity contribution in [3.63, 3.8) is 0 Å². The van der Waals surface area contributed by atoms with Gasteiger partial charge in [-0.15, -0.1) is 0 Å². The standard InChI is InChI=1S/C45H73N3O13/c1-11-31-19-25(2)18-26(3)20-37(57-8)40-38(58-9)22-28(5)45(55,61-40)41(51)42(52)48-17-13-12-14-33(48)43(53)60-39(27(4)21-30-15-16-34(49)36(23-30)56-7)29(6)35(50)24-32(31)46-47-44(54)59-10/h19,21,26,28-31,33-40,49-50,55H,11-18,20,22-24H2,1-10H3,(H,47,54)/b25-19+,27-21+,46-32-/t26-,28+,29+,30?,31+,33-,34+,35-,36+,37-,38-,39+,40+,45+/m0/s1. The van der Waals surface area contributed by atoms with Crippen LogP contribution in [0.15, 0.2) is 28.4 Å². The Bertz CT molecular complexity index is 1600. The molecule has 2 amide bonds. The number of aliphatic hydroxyl groups excluding tert-OH is 2. The molecule has 0 aromatic rings. The van der Waals surface area contributed by atoms with Crippen LogP contribution in [0.4, 0.5) is 4.79 Å². The first-order chi connectivity index (χ1) is 28.9. The zero-order chi connectivity index (χ0) is 45.2. The van der Waals surface area contributed by atoms with Crippen LogP contribution in [-0.2, 0) is 42.8 Å². The number of Topliss-reactive ketones (excluding diaryl/α,β-unsaturated/α-hetero) is 1. The van der Waals surface area contributed by atoms with Gasteiger partial charge in [-0.05, 0) is 95.5 Å². The highest BCUT2D eigenvalue weighted by Gasteiger charge is 2.56. The van der Waals surface area contributed by atoms with Crippen molar-refractivity contribution < 1.29 is 62.9 Å². The summed E-state index contributed by atoms with van der Waals surface area (Å²) in [6.45, 7) is 11.3. The molecule has 0 aromatic heterocycles. The van der Waals surface area contributed by atoms with E-state index in [1.165, 1.54) is 26.2 Å². The summed E-state index contributed by atoms with van der Waals surface area (Å²) in [4.78, 5) is 56.6. The SMILES string of the molecule is CC[C@@H]1/C=C(\C)C[C@H](C)C[C@H](OC)[C@H]2O[C@@](O)(C(=O)C(=O)N3CCCC[C@H]3C(=O)O[C@H](/C(C)=C/C3CC[C@@H](O)[C@H](OC)C3)[C@H](C)[C@@H](O)C/C1=N/NC(=O)OC)[C@H](C)C[C@@H]2OC. The summed E-state index contributed by atoms with van der Waals surface area (Å²) in [5, 5.41) is 39.1. The third-order valence-electron chi connectivity index (χ3n) is 13.4. The molecule has 16 heteroatoms. The van der Waals surface area contributed by atoms with Crippen molar-refractivity contribution in [2.45, 2.75) is 167 Å². The number of piperidine rings is 1. The molecule has 61 heavy (non-hydrogen) atoms. The Balaban J connectivity index is 1.84. The number of allylic oxidation sites excluding steroid dienone is 3. The lowest BCUT2D eigenvalue weighted by Crippen LogP contribution is -2.64. The van der Waals surface area contributed by atoms with Gasteiger partial charge in [0.15, 0.2) is 0 Å². The molecule has 3 aliphatic heterocycles. The van der Waals surface area contributed by atoms with Crippen LogP contribution in [0, 0.1) is 29.6 Å². The van der Waals surface area contributed by atoms with E-state index in [9.17, 15) is 34.5 Å². The molecule has 1 unspecified atom stereocenters. The third kappa shape index (κ3) is 12.5. The molecule has 3 fully saturated rings. The van der Waals surface area contributed by atoms with E-state index >= 15 is 0 Å². The summed E-state index contributed by atoms with van der Waals surface area (Å²) in [6.07, 6.45) is 3.03. The summed E-state index contributed by atoms with van der Waals surface area (Å²) in [7, 11) is 5.86. The molecule has 4 N–H and O–H groups in total. The lowest BCUT2D eigenvalue weighted by molar-refractivity contribution is -0.302. The Kier molecular flexibility index (Phi) is 18.9. The smallest absolute Gasteiger partial charge is 0.427 e. The summed E-state index contributed by atoms with van der Waals surface area (Å²) in [5.74, 6) is -7.37. The fraction of sp³-hybridized carbons (Fsp3) is 0.800. The minimum absolute atomic E-state index is 0.00812. The van der Waals surface area contributed by atoms with E-state index in [-0.39, 0.29) is 49.7 Å². The average Bonchev–Trinajstić information content (AvgIpc) is 3.25. The minimum Gasteiger partial charge on any atom is -0.456 e. The van der Waals surface area contributed by atoms with Crippen molar-refractivity contribution in [2.24, 2.45) is 34.7 Å². The molecule has 1 saturated carbocycles. The Morgan fingerprint density at radius 1 is 0.951 bits per heavy atom. The molecule has 0 radical (unpaired) electrons. The molecule has 1 aliphatic carbocycles. The van der Waals surface area contributed by atoms with Gasteiger partial charge in [0, 0.05) is 57.8 Å². The molecule has 2 bridgehead atoms. The highest BCUT2D eigenvalue weighted by atomic mass is 16.7. The number of ether oxygens (including phenoxy) is 6. The van der Waals surface area contributed by atoms with Gasteiger partial charge in [0.05, 0.1) is 37.6 Å². The molecule has 2 saturated heterocycles. The van der Waals surface area contributed by atoms with E-state index in [1.54, 1.807) is 21.0 Å². The molecule has 3 heterocycles. The lowest BCUT2D eigenvalue weighted by atomic mass is 9.81. The number of hydrogen-bond acceptors (Lipinski definition) is 14. The number of methoxy groups -OCH3 is 4. The maximum Gasteiger partial charge on any atom is 0.427 e. The second-order valence-corrected chi connectivity index (χ2v) is 17.9. The van der Waals surface area contributed by atoms with Crippen LogP contribution in [0.1, 0.15) is 112 Å². The number of aliphatic hydroxyl groups is 3. The van der Waals surface area contributed by atoms with E-state index < -0.39 is 84.0 Å². The molecule has 16 nitrogen and oxygen atoms in total. The van der Waals surface area contributed by atoms with Crippen molar-refractivity contribution in [1.29, 1.82) is 0 Å². The average molecular weight is 864 g/mol. The maximum absolute atomic E-state index is 14.5. The zero-order valence-electron chi connectivity index (χ0n) is 38.0. The largest absolute Gasteiger partial charge is 0.456 e. The maximum atomic E-state index is 14.5. The van der Waals surface area contributed by atoms with Gasteiger partial charge in [0.25, 0.3) is 11.7 Å². The van der Waals surface area contributed by atoms with Crippen LogP contribution in [0.3, 0.4) is 0 Å². The number of cyclic esters (lactones) is 1. The predicted octanol–water partition coefficient (Wildman–Crippen LogP) is 4.62. The van der Waals surface area contributed by atoms with Gasteiger partial charge < -0.3 is 48.6 Å². The fourth-order valence-electron chi connectivity index (χ4n) is 9.70. The topological polar surface area (TPSA) is 212 Å². The number of nitrogens with one attached hydrogen (secondary N) is 1. The number of hydrazone groups is 1. The summed E-state index contributed by atoms with van der Waals surface area (Å²) < 4.78 is 34.8. The van der Waals surface area contributed by atoms with Crippen molar-refractivity contribution in [1.82, 2.24) is 10.3 Å². The Labute approximate surface area is 361 Å². The minimum atomic E-state index is -2.52. The van der Waals surface area contributed by atoms with Crippen molar-refractivity contribution in [3.05, 3.63) is 23.3 Å². The van der Waals surface area contributed by atoms with Crippen molar-refractivity contribution in [2.75, 3.05) is 35.0 Å². The predicted molar refractivity (Wildman–Crippen MR) is 226 cm³/mol. The van der Waals surface area contributed by atoms with E-state index in [1.807, 2.05) is 26.8 Å². The number of carbonyl (C=O) groups is 4. The van der Waals surface area contributed by atoms with Crippen LogP contribution in [0.5, 0.6) is 0 Å².